The van der Waals surface area contributed by atoms with Gasteiger partial charge in [0.05, 0.1) is 11.4 Å². The number of rotatable bonds is 3. The third kappa shape index (κ3) is 1.81. The minimum Gasteiger partial charge on any atom is -0.276 e. The fourth-order valence-corrected chi connectivity index (χ4v) is 2.58. The van der Waals surface area contributed by atoms with Gasteiger partial charge in [-0.1, -0.05) is 13.8 Å². The minimum absolute atomic E-state index is 0.345. The summed E-state index contributed by atoms with van der Waals surface area (Å²) in [6.07, 6.45) is 2.28. The first-order valence-corrected chi connectivity index (χ1v) is 6.57. The average molecular weight is 278 g/mol. The first kappa shape index (κ1) is 14.2. The highest BCUT2D eigenvalue weighted by atomic mass is 16.2. The van der Waals surface area contributed by atoms with Crippen LogP contribution in [0.15, 0.2) is 6.20 Å². The lowest BCUT2D eigenvalue weighted by atomic mass is 9.78. The molecule has 108 valence electrons. The Balaban J connectivity index is 2.53. The fourth-order valence-electron chi connectivity index (χ4n) is 2.58. The second-order valence-electron chi connectivity index (χ2n) is 4.96. The highest BCUT2D eigenvalue weighted by Crippen LogP contribution is 2.35. The molecule has 1 aliphatic rings. The predicted octanol–water partition coefficient (Wildman–Crippen LogP) is 1.12. The average Bonchev–Trinajstić information content (AvgIpc) is 2.70. The van der Waals surface area contributed by atoms with Gasteiger partial charge < -0.3 is 0 Å². The number of urea groups is 1. The summed E-state index contributed by atoms with van der Waals surface area (Å²) >= 11 is 0. The molecule has 1 N–H and O–H groups in total. The van der Waals surface area contributed by atoms with Gasteiger partial charge in [0.1, 0.15) is 5.41 Å². The molecule has 0 atom stereocenters. The van der Waals surface area contributed by atoms with Crippen molar-refractivity contribution in [2.75, 3.05) is 4.90 Å². The molecule has 0 bridgehead atoms. The number of aromatic nitrogens is 2. The first-order chi connectivity index (χ1) is 9.37. The highest BCUT2D eigenvalue weighted by molar-refractivity contribution is 6.30. The summed E-state index contributed by atoms with van der Waals surface area (Å²) in [5, 5.41) is 6.41. The van der Waals surface area contributed by atoms with E-state index in [9.17, 15) is 14.4 Å². The molecule has 1 aromatic rings. The number of carbonyl (C=O) groups is 3. The molecule has 2 heterocycles. The number of amides is 4. The van der Waals surface area contributed by atoms with Crippen LogP contribution in [-0.2, 0) is 16.6 Å². The van der Waals surface area contributed by atoms with E-state index in [4.69, 9.17) is 0 Å². The lowest BCUT2D eigenvalue weighted by Gasteiger charge is -2.37. The lowest BCUT2D eigenvalue weighted by Crippen LogP contribution is -2.64. The first-order valence-electron chi connectivity index (χ1n) is 6.57. The second-order valence-corrected chi connectivity index (χ2v) is 4.96. The summed E-state index contributed by atoms with van der Waals surface area (Å²) in [6.45, 7) is 5.25. The van der Waals surface area contributed by atoms with Gasteiger partial charge in [-0.25, -0.2) is 9.69 Å². The molecule has 4 amide bonds. The highest BCUT2D eigenvalue weighted by Gasteiger charge is 2.52. The Kier molecular flexibility index (Phi) is 3.37. The number of aryl methyl sites for hydroxylation is 2. The largest absolute Gasteiger partial charge is 0.335 e. The normalized spacial score (nSPS) is 18.4. The molecule has 1 aliphatic heterocycles. The van der Waals surface area contributed by atoms with Gasteiger partial charge in [0.2, 0.25) is 5.91 Å². The van der Waals surface area contributed by atoms with Crippen LogP contribution in [0.1, 0.15) is 32.4 Å². The third-order valence-electron chi connectivity index (χ3n) is 3.91. The molecule has 1 saturated heterocycles. The molecule has 7 heteroatoms. The van der Waals surface area contributed by atoms with Crippen LogP contribution in [0.25, 0.3) is 0 Å². The van der Waals surface area contributed by atoms with Gasteiger partial charge in [-0.15, -0.1) is 0 Å². The van der Waals surface area contributed by atoms with Crippen molar-refractivity contribution in [3.05, 3.63) is 11.9 Å². The summed E-state index contributed by atoms with van der Waals surface area (Å²) in [4.78, 5) is 37.8. The van der Waals surface area contributed by atoms with Gasteiger partial charge >= 0.3 is 6.03 Å². The third-order valence-corrected chi connectivity index (χ3v) is 3.91. The molecule has 7 nitrogen and oxygen atoms in total. The monoisotopic (exact) mass is 278 g/mol. The standard InChI is InChI=1S/C13H18N4O3/c1-5-13(6-2)10(18)14-12(20)17(11(13)19)9-7-16(4)15-8(9)3/h7H,5-6H2,1-4H3,(H,14,18,20). The number of carbonyl (C=O) groups excluding carboxylic acids is 3. The topological polar surface area (TPSA) is 84.3 Å². The quantitative estimate of drug-likeness (QED) is 0.840. The van der Waals surface area contributed by atoms with Gasteiger partial charge in [-0.05, 0) is 19.8 Å². The van der Waals surface area contributed by atoms with Crippen LogP contribution >= 0.6 is 0 Å². The van der Waals surface area contributed by atoms with E-state index in [0.29, 0.717) is 24.2 Å². The maximum atomic E-state index is 12.7. The molecule has 0 radical (unpaired) electrons. The van der Waals surface area contributed by atoms with Crippen LogP contribution < -0.4 is 10.2 Å². The van der Waals surface area contributed by atoms with E-state index in [1.807, 2.05) is 0 Å². The predicted molar refractivity (Wildman–Crippen MR) is 72.0 cm³/mol. The molecule has 1 fully saturated rings. The van der Waals surface area contributed by atoms with Crippen molar-refractivity contribution >= 4 is 23.5 Å². The van der Waals surface area contributed by atoms with Gasteiger partial charge in [0.15, 0.2) is 0 Å². The SMILES string of the molecule is CCC1(CC)C(=O)NC(=O)N(c2cn(C)nc2C)C1=O. The minimum atomic E-state index is -1.18. The van der Waals surface area contributed by atoms with Gasteiger partial charge in [0, 0.05) is 13.2 Å². The molecule has 0 spiro atoms. The Morgan fingerprint density at radius 2 is 1.85 bits per heavy atom. The molecule has 1 aromatic heterocycles. The van der Waals surface area contributed by atoms with Crippen molar-refractivity contribution in [1.29, 1.82) is 0 Å². The van der Waals surface area contributed by atoms with Crippen molar-refractivity contribution < 1.29 is 14.4 Å². The Morgan fingerprint density at radius 1 is 1.25 bits per heavy atom. The van der Waals surface area contributed by atoms with Crippen molar-refractivity contribution in [2.24, 2.45) is 12.5 Å². The fraction of sp³-hybridized carbons (Fsp3) is 0.538. The van der Waals surface area contributed by atoms with Gasteiger partial charge in [0.25, 0.3) is 5.91 Å². The number of anilines is 1. The maximum Gasteiger partial charge on any atom is 0.335 e. The molecule has 0 aliphatic carbocycles. The van der Waals surface area contributed by atoms with E-state index >= 15 is 0 Å². The Hall–Kier alpha value is -2.18. The Bertz CT molecular complexity index is 586. The van der Waals surface area contributed by atoms with E-state index < -0.39 is 23.3 Å². The lowest BCUT2D eigenvalue weighted by molar-refractivity contribution is -0.143. The summed E-state index contributed by atoms with van der Waals surface area (Å²) in [6, 6.07) is -0.714. The zero-order valence-corrected chi connectivity index (χ0v) is 12.1. The van der Waals surface area contributed by atoms with Crippen LogP contribution in [0.4, 0.5) is 10.5 Å². The van der Waals surface area contributed by atoms with Crippen molar-refractivity contribution in [1.82, 2.24) is 15.1 Å². The summed E-state index contributed by atoms with van der Waals surface area (Å²) in [5.41, 5.74) is -0.212. The molecular weight excluding hydrogens is 260 g/mol. The molecule has 2 rings (SSSR count). The number of barbiturate groups is 1. The van der Waals surface area contributed by atoms with Crippen molar-refractivity contribution in [3.63, 3.8) is 0 Å². The van der Waals surface area contributed by atoms with Crippen LogP contribution in [0.3, 0.4) is 0 Å². The van der Waals surface area contributed by atoms with Gasteiger partial charge in [-0.2, -0.15) is 5.10 Å². The van der Waals surface area contributed by atoms with Gasteiger partial charge in [-0.3, -0.25) is 19.6 Å². The molecular formula is C13H18N4O3. The summed E-state index contributed by atoms with van der Waals surface area (Å²) < 4.78 is 1.53. The number of nitrogens with one attached hydrogen (secondary N) is 1. The number of nitrogens with zero attached hydrogens (tertiary/aromatic N) is 3. The summed E-state index contributed by atoms with van der Waals surface area (Å²) in [7, 11) is 1.71. The van der Waals surface area contributed by atoms with E-state index in [2.05, 4.69) is 10.4 Å². The zero-order valence-electron chi connectivity index (χ0n) is 12.1. The number of hydrogen-bond acceptors (Lipinski definition) is 4. The van der Waals surface area contributed by atoms with E-state index in [1.165, 1.54) is 4.68 Å². The Morgan fingerprint density at radius 3 is 2.30 bits per heavy atom. The molecule has 0 unspecified atom stereocenters. The number of imide groups is 2. The van der Waals surface area contributed by atoms with Crippen molar-refractivity contribution in [3.8, 4) is 0 Å². The van der Waals surface area contributed by atoms with E-state index in [1.54, 1.807) is 34.0 Å². The van der Waals surface area contributed by atoms with Crippen LogP contribution in [0.2, 0.25) is 0 Å². The van der Waals surface area contributed by atoms with Crippen molar-refractivity contribution in [2.45, 2.75) is 33.6 Å². The maximum absolute atomic E-state index is 12.7. The second kappa shape index (κ2) is 4.73. The van der Waals surface area contributed by atoms with Crippen LogP contribution in [-0.4, -0.2) is 27.6 Å². The van der Waals surface area contributed by atoms with E-state index in [0.717, 1.165) is 4.90 Å². The van der Waals surface area contributed by atoms with Crippen LogP contribution in [0.5, 0.6) is 0 Å². The number of hydrogen-bond donors (Lipinski definition) is 1. The van der Waals surface area contributed by atoms with E-state index in [-0.39, 0.29) is 0 Å². The molecule has 0 aromatic carbocycles. The molecule has 20 heavy (non-hydrogen) atoms. The summed E-state index contributed by atoms with van der Waals surface area (Å²) in [5.74, 6) is -0.998. The zero-order chi connectivity index (χ0) is 15.1. The van der Waals surface area contributed by atoms with Crippen LogP contribution in [0, 0.1) is 12.3 Å². The molecule has 0 saturated carbocycles. The Labute approximate surface area is 116 Å². The smallest absolute Gasteiger partial charge is 0.276 e.